The number of aromatic amines is 1. The van der Waals surface area contributed by atoms with Gasteiger partial charge in [-0.3, -0.25) is 4.79 Å². The van der Waals surface area contributed by atoms with Crippen molar-refractivity contribution in [1.82, 2.24) is 24.2 Å². The first-order valence-corrected chi connectivity index (χ1v) is 13.5. The zero-order chi connectivity index (χ0) is 27.9. The van der Waals surface area contributed by atoms with Crippen LogP contribution in [0, 0.1) is 0 Å². The molecular weight excluding hydrogens is 539 g/mol. The van der Waals surface area contributed by atoms with Crippen LogP contribution in [0.5, 0.6) is 11.6 Å². The average Bonchev–Trinajstić information content (AvgIpc) is 2.89. The van der Waals surface area contributed by atoms with Crippen LogP contribution in [-0.4, -0.2) is 65.1 Å². The number of H-pyrrole nitrogens is 1. The van der Waals surface area contributed by atoms with E-state index in [0.29, 0.717) is 11.1 Å². The molecule has 0 bridgehead atoms. The summed E-state index contributed by atoms with van der Waals surface area (Å²) in [4.78, 5) is 29.4. The first kappa shape index (κ1) is 26.4. The van der Waals surface area contributed by atoms with Crippen molar-refractivity contribution < 1.29 is 26.3 Å². The van der Waals surface area contributed by atoms with Crippen molar-refractivity contribution in [3.63, 3.8) is 0 Å². The number of nitrogens with zero attached hydrogens (tertiary/aromatic N) is 5. The molecule has 3 N–H and O–H groups in total. The highest BCUT2D eigenvalue weighted by Crippen LogP contribution is 2.33. The quantitative estimate of drug-likeness (QED) is 0.375. The van der Waals surface area contributed by atoms with Gasteiger partial charge in [0.1, 0.15) is 5.52 Å². The van der Waals surface area contributed by atoms with E-state index >= 15 is 0 Å². The fraction of sp³-hybridized carbons (Fsp3) is 0.250. The maximum atomic E-state index is 13.1. The lowest BCUT2D eigenvalue weighted by molar-refractivity contribution is -0.137. The van der Waals surface area contributed by atoms with Crippen molar-refractivity contribution in [1.29, 1.82) is 0 Å². The topological polar surface area (TPSA) is 147 Å². The summed E-state index contributed by atoms with van der Waals surface area (Å²) in [5.74, 6) is 0.229. The van der Waals surface area contributed by atoms with Gasteiger partial charge in [0, 0.05) is 37.8 Å². The molecule has 2 aromatic heterocycles. The molecule has 0 spiro atoms. The molecule has 4 aromatic rings. The fourth-order valence-electron chi connectivity index (χ4n) is 4.10. The lowest BCUT2D eigenvalue weighted by Gasteiger charge is -2.33. The number of aromatic nitrogens is 4. The number of hydrogen-bond donors (Lipinski definition) is 2. The van der Waals surface area contributed by atoms with Crippen LogP contribution in [0.2, 0.25) is 0 Å². The smallest absolute Gasteiger partial charge is 0.416 e. The first-order valence-electron chi connectivity index (χ1n) is 11.6. The van der Waals surface area contributed by atoms with Crippen LogP contribution in [0.15, 0.2) is 53.3 Å². The fourth-order valence-corrected chi connectivity index (χ4v) is 4.92. The number of nitrogens with two attached hydrogens (primary N) is 1. The normalized spacial score (nSPS) is 15.0. The summed E-state index contributed by atoms with van der Waals surface area (Å²) in [6, 6.07) is 10.8. The van der Waals surface area contributed by atoms with E-state index in [0.717, 1.165) is 18.4 Å². The van der Waals surface area contributed by atoms with Crippen LogP contribution in [0.3, 0.4) is 0 Å². The second-order valence-corrected chi connectivity index (χ2v) is 10.8. The number of nitrogen functional groups attached to an aromatic ring is 1. The molecular formula is C24H22F3N7O4S. The molecule has 15 heteroatoms. The molecule has 39 heavy (non-hydrogen) atoms. The number of hydrogen-bond acceptors (Lipinski definition) is 9. The number of anilines is 2. The van der Waals surface area contributed by atoms with Crippen LogP contribution in [0.25, 0.3) is 22.3 Å². The Bertz CT molecular complexity index is 1700. The Balaban J connectivity index is 1.55. The van der Waals surface area contributed by atoms with Crippen molar-refractivity contribution in [2.75, 3.05) is 43.1 Å². The van der Waals surface area contributed by atoms with E-state index in [1.807, 2.05) is 0 Å². The zero-order valence-corrected chi connectivity index (χ0v) is 21.3. The average molecular weight is 562 g/mol. The minimum Gasteiger partial charge on any atom is -0.436 e. The van der Waals surface area contributed by atoms with E-state index in [4.69, 9.17) is 10.5 Å². The molecule has 1 saturated heterocycles. The minimum absolute atomic E-state index is 0.0551. The predicted octanol–water partition coefficient (Wildman–Crippen LogP) is 2.86. The third kappa shape index (κ3) is 5.63. The lowest BCUT2D eigenvalue weighted by atomic mass is 10.1. The Kier molecular flexibility index (Phi) is 6.64. The van der Waals surface area contributed by atoms with Crippen molar-refractivity contribution in [3.8, 4) is 22.9 Å². The Hall–Kier alpha value is -4.24. The summed E-state index contributed by atoms with van der Waals surface area (Å²) in [6.45, 7) is 0.999. The van der Waals surface area contributed by atoms with Crippen molar-refractivity contribution in [2.24, 2.45) is 0 Å². The summed E-state index contributed by atoms with van der Waals surface area (Å²) < 4.78 is 70.5. The molecule has 0 unspecified atom stereocenters. The summed E-state index contributed by atoms with van der Waals surface area (Å²) in [7, 11) is -3.37. The molecule has 204 valence electrons. The number of piperazine rings is 1. The molecule has 0 atom stereocenters. The molecule has 3 heterocycles. The molecule has 0 saturated carbocycles. The van der Waals surface area contributed by atoms with E-state index in [1.54, 1.807) is 23.1 Å². The van der Waals surface area contributed by atoms with Gasteiger partial charge in [-0.25, -0.2) is 18.4 Å². The number of sulfonamides is 1. The summed E-state index contributed by atoms with van der Waals surface area (Å²) in [5, 5.41) is 0. The second-order valence-electron chi connectivity index (χ2n) is 8.82. The highest BCUT2D eigenvalue weighted by Gasteiger charge is 2.30. The molecule has 1 aliphatic rings. The minimum atomic E-state index is -4.49. The van der Waals surface area contributed by atoms with Crippen molar-refractivity contribution >= 4 is 32.8 Å². The van der Waals surface area contributed by atoms with Crippen LogP contribution in [0.1, 0.15) is 5.56 Å². The standard InChI is InChI=1S/C24H22F3N7O4S/c1-39(36,37)34-11-9-33(10-12-34)23-30-17(14-5-7-15(8-6-14)24(25,26)27)13-19(31-23)38-18-4-2-3-16-20(18)32-21(28)22(35)29-16/h2-8,13H,9-12H2,1H3,(H2,28,32)(H,29,35). The first-order chi connectivity index (χ1) is 18.4. The van der Waals surface area contributed by atoms with Gasteiger partial charge in [0.2, 0.25) is 21.9 Å². The van der Waals surface area contributed by atoms with Gasteiger partial charge in [-0.05, 0) is 24.3 Å². The van der Waals surface area contributed by atoms with Crippen LogP contribution < -0.4 is 20.9 Å². The Morgan fingerprint density at radius 1 is 1.00 bits per heavy atom. The van der Waals surface area contributed by atoms with Crippen molar-refractivity contribution in [3.05, 3.63) is 64.4 Å². The highest BCUT2D eigenvalue weighted by atomic mass is 32.2. The van der Waals surface area contributed by atoms with Gasteiger partial charge >= 0.3 is 6.18 Å². The zero-order valence-electron chi connectivity index (χ0n) is 20.4. The second kappa shape index (κ2) is 9.81. The molecule has 1 aliphatic heterocycles. The van der Waals surface area contributed by atoms with Gasteiger partial charge in [-0.2, -0.15) is 22.5 Å². The molecule has 2 aromatic carbocycles. The Morgan fingerprint density at radius 2 is 1.69 bits per heavy atom. The molecule has 0 aliphatic carbocycles. The molecule has 11 nitrogen and oxygen atoms in total. The van der Waals surface area contributed by atoms with Gasteiger partial charge in [-0.1, -0.05) is 18.2 Å². The summed E-state index contributed by atoms with van der Waals surface area (Å²) in [5.41, 5.74) is 5.65. The summed E-state index contributed by atoms with van der Waals surface area (Å²) >= 11 is 0. The predicted molar refractivity (Wildman–Crippen MR) is 138 cm³/mol. The van der Waals surface area contributed by atoms with E-state index in [-0.39, 0.29) is 60.8 Å². The third-order valence-corrected chi connectivity index (χ3v) is 7.42. The van der Waals surface area contributed by atoms with Gasteiger partial charge in [0.15, 0.2) is 11.6 Å². The maximum absolute atomic E-state index is 13.1. The Morgan fingerprint density at radius 3 is 2.33 bits per heavy atom. The van der Waals surface area contributed by atoms with Gasteiger partial charge < -0.3 is 20.4 Å². The number of benzene rings is 2. The van der Waals surface area contributed by atoms with E-state index in [2.05, 4.69) is 19.9 Å². The number of ether oxygens (including phenoxy) is 1. The van der Waals surface area contributed by atoms with Crippen LogP contribution >= 0.6 is 0 Å². The van der Waals surface area contributed by atoms with Crippen LogP contribution in [-0.2, 0) is 16.2 Å². The van der Waals surface area contributed by atoms with E-state index in [9.17, 15) is 26.4 Å². The number of nitrogens with one attached hydrogen (secondary N) is 1. The number of halogens is 3. The van der Waals surface area contributed by atoms with Gasteiger partial charge in [0.05, 0.1) is 23.0 Å². The van der Waals surface area contributed by atoms with Crippen molar-refractivity contribution in [2.45, 2.75) is 6.18 Å². The number of rotatable bonds is 5. The SMILES string of the molecule is CS(=O)(=O)N1CCN(c2nc(Oc3cccc4[nH]c(=O)c(N)nc34)cc(-c3ccc(C(F)(F)F)cc3)n2)CC1. The molecule has 1 fully saturated rings. The number of fused-ring (bicyclic) bond motifs is 1. The highest BCUT2D eigenvalue weighted by molar-refractivity contribution is 7.88. The molecule has 5 rings (SSSR count). The van der Waals surface area contributed by atoms with Crippen LogP contribution in [0.4, 0.5) is 24.9 Å². The lowest BCUT2D eigenvalue weighted by Crippen LogP contribution is -2.48. The number of alkyl halides is 3. The Labute approximate surface area is 220 Å². The summed E-state index contributed by atoms with van der Waals surface area (Å²) in [6.07, 6.45) is -3.36. The van der Waals surface area contributed by atoms with Gasteiger partial charge in [0.25, 0.3) is 5.56 Å². The molecule has 0 amide bonds. The number of para-hydroxylation sites is 1. The van der Waals surface area contributed by atoms with E-state index < -0.39 is 27.3 Å². The van der Waals surface area contributed by atoms with E-state index in [1.165, 1.54) is 22.5 Å². The maximum Gasteiger partial charge on any atom is 0.416 e. The molecule has 0 radical (unpaired) electrons. The largest absolute Gasteiger partial charge is 0.436 e. The third-order valence-electron chi connectivity index (χ3n) is 6.12. The van der Waals surface area contributed by atoms with Gasteiger partial charge in [-0.15, -0.1) is 0 Å². The monoisotopic (exact) mass is 561 g/mol.